The molecule has 10 heteroatoms. The summed E-state index contributed by atoms with van der Waals surface area (Å²) < 4.78 is 17.0. The van der Waals surface area contributed by atoms with E-state index in [9.17, 15) is 9.59 Å². The van der Waals surface area contributed by atoms with E-state index in [2.05, 4.69) is 5.32 Å². The molecule has 0 spiro atoms. The molecule has 0 saturated carbocycles. The van der Waals surface area contributed by atoms with Crippen LogP contribution in [0.25, 0.3) is 6.08 Å². The number of nitrogens with one attached hydrogen (secondary N) is 1. The van der Waals surface area contributed by atoms with Crippen molar-refractivity contribution in [3.63, 3.8) is 0 Å². The van der Waals surface area contributed by atoms with Gasteiger partial charge in [0.05, 0.1) is 11.5 Å². The van der Waals surface area contributed by atoms with Gasteiger partial charge in [-0.05, 0) is 61.7 Å². The molecule has 1 saturated heterocycles. The highest BCUT2D eigenvalue weighted by atomic mass is 35.5. The van der Waals surface area contributed by atoms with Gasteiger partial charge in [0.2, 0.25) is 0 Å². The van der Waals surface area contributed by atoms with Gasteiger partial charge in [-0.15, -0.1) is 0 Å². The van der Waals surface area contributed by atoms with E-state index < -0.39 is 0 Å². The molecule has 1 heterocycles. The lowest BCUT2D eigenvalue weighted by Gasteiger charge is -2.14. The Kier molecular flexibility index (Phi) is 9.97. The average molecular weight is 535 g/mol. The van der Waals surface area contributed by atoms with Crippen molar-refractivity contribution in [1.82, 2.24) is 4.90 Å². The fourth-order valence-corrected chi connectivity index (χ4v) is 4.71. The number of anilines is 1. The number of rotatable bonds is 11. The van der Waals surface area contributed by atoms with Crippen molar-refractivity contribution in [3.05, 3.63) is 57.5 Å². The number of benzene rings is 2. The van der Waals surface area contributed by atoms with Crippen LogP contribution in [0.3, 0.4) is 0 Å². The van der Waals surface area contributed by atoms with E-state index in [0.717, 1.165) is 11.1 Å². The molecule has 7 nitrogen and oxygen atoms in total. The van der Waals surface area contributed by atoms with Gasteiger partial charge in [0.15, 0.2) is 18.1 Å². The lowest BCUT2D eigenvalue weighted by atomic mass is 10.2. The molecule has 186 valence electrons. The molecule has 0 bridgehead atoms. The number of amides is 2. The molecular formula is C25H27ClN2O5S2. The van der Waals surface area contributed by atoms with E-state index >= 15 is 0 Å². The maximum atomic E-state index is 12.8. The lowest BCUT2D eigenvalue weighted by molar-refractivity contribution is -0.122. The maximum Gasteiger partial charge on any atom is 0.266 e. The van der Waals surface area contributed by atoms with Crippen LogP contribution in [0, 0.1) is 6.92 Å². The molecule has 0 atom stereocenters. The minimum atomic E-state index is -0.325. The Morgan fingerprint density at radius 2 is 2.00 bits per heavy atom. The Balaban J connectivity index is 1.67. The number of carbonyl (C=O) groups excluding carboxylic acids is 2. The Morgan fingerprint density at radius 1 is 1.20 bits per heavy atom. The van der Waals surface area contributed by atoms with Crippen LogP contribution in [0.1, 0.15) is 24.5 Å². The number of thioether (sulfide) groups is 1. The van der Waals surface area contributed by atoms with Crippen molar-refractivity contribution in [2.45, 2.75) is 20.3 Å². The minimum Gasteiger partial charge on any atom is -0.490 e. The van der Waals surface area contributed by atoms with Crippen molar-refractivity contribution in [1.29, 1.82) is 0 Å². The number of hydrogen-bond donors (Lipinski definition) is 1. The Bertz CT molecular complexity index is 1140. The van der Waals surface area contributed by atoms with Gasteiger partial charge in [-0.25, -0.2) is 0 Å². The third-order valence-corrected chi connectivity index (χ3v) is 6.77. The number of methoxy groups -OCH3 is 1. The van der Waals surface area contributed by atoms with Crippen LogP contribution in [0.2, 0.25) is 5.02 Å². The monoisotopic (exact) mass is 534 g/mol. The molecule has 1 fully saturated rings. The number of hydrogen-bond acceptors (Lipinski definition) is 7. The number of carbonyl (C=O) groups is 2. The summed E-state index contributed by atoms with van der Waals surface area (Å²) in [5.41, 5.74) is 2.28. The third kappa shape index (κ3) is 7.44. The van der Waals surface area contributed by atoms with E-state index in [1.807, 2.05) is 19.9 Å². The quantitative estimate of drug-likeness (QED) is 0.238. The first-order valence-electron chi connectivity index (χ1n) is 11.0. The van der Waals surface area contributed by atoms with Crippen molar-refractivity contribution in [2.24, 2.45) is 0 Å². The van der Waals surface area contributed by atoms with Gasteiger partial charge in [0.25, 0.3) is 11.8 Å². The first-order valence-corrected chi connectivity index (χ1v) is 12.6. The highest BCUT2D eigenvalue weighted by Crippen LogP contribution is 2.35. The van der Waals surface area contributed by atoms with E-state index in [4.69, 9.17) is 38.0 Å². The SMILES string of the molecule is CCOc1cc(/C=C2\SC(=S)N(CCCOC)C2=O)ccc1OCC(=O)Nc1ccc(C)c(Cl)c1. The number of halogens is 1. The molecule has 0 aliphatic carbocycles. The van der Waals surface area contributed by atoms with Crippen LogP contribution in [-0.2, 0) is 14.3 Å². The number of nitrogens with zero attached hydrogens (tertiary/aromatic N) is 1. The second-order valence-corrected chi connectivity index (χ2v) is 9.70. The standard InChI is InChI=1S/C25H27ClN2O5S2/c1-4-32-21-12-17(13-22-24(30)28(25(34)35-22)10-5-11-31-3)7-9-20(21)33-15-23(29)27-18-8-6-16(2)19(26)14-18/h6-9,12-14H,4-5,10-11,15H2,1-3H3,(H,27,29)/b22-13-. The second-order valence-electron chi connectivity index (χ2n) is 7.62. The molecule has 0 unspecified atom stereocenters. The molecule has 2 amide bonds. The first-order chi connectivity index (χ1) is 16.8. The zero-order chi connectivity index (χ0) is 25.4. The molecule has 2 aromatic carbocycles. The Morgan fingerprint density at radius 3 is 2.71 bits per heavy atom. The average Bonchev–Trinajstić information content (AvgIpc) is 3.08. The molecule has 1 aliphatic rings. The van der Waals surface area contributed by atoms with Crippen molar-refractivity contribution in [2.75, 3.05) is 38.8 Å². The fourth-order valence-electron chi connectivity index (χ4n) is 3.22. The fraction of sp³-hybridized carbons (Fsp3) is 0.320. The van der Waals surface area contributed by atoms with Gasteiger partial charge in [0.1, 0.15) is 4.32 Å². The molecule has 35 heavy (non-hydrogen) atoms. The Hall–Kier alpha value is -2.59. The number of ether oxygens (including phenoxy) is 3. The molecular weight excluding hydrogens is 508 g/mol. The van der Waals surface area contributed by atoms with Gasteiger partial charge in [-0.1, -0.05) is 47.7 Å². The summed E-state index contributed by atoms with van der Waals surface area (Å²) in [4.78, 5) is 27.2. The molecule has 2 aromatic rings. The van der Waals surface area contributed by atoms with Crippen molar-refractivity contribution in [3.8, 4) is 11.5 Å². The van der Waals surface area contributed by atoms with Gasteiger partial charge < -0.3 is 19.5 Å². The van der Waals surface area contributed by atoms with E-state index in [1.165, 1.54) is 11.8 Å². The zero-order valence-corrected chi connectivity index (χ0v) is 22.1. The normalized spacial score (nSPS) is 14.5. The predicted molar refractivity (Wildman–Crippen MR) is 144 cm³/mol. The smallest absolute Gasteiger partial charge is 0.266 e. The highest BCUT2D eigenvalue weighted by Gasteiger charge is 2.31. The summed E-state index contributed by atoms with van der Waals surface area (Å²) >= 11 is 12.7. The highest BCUT2D eigenvalue weighted by molar-refractivity contribution is 8.26. The van der Waals surface area contributed by atoms with E-state index in [1.54, 1.807) is 48.4 Å². The third-order valence-electron chi connectivity index (χ3n) is 4.98. The van der Waals surface area contributed by atoms with Crippen LogP contribution in [-0.4, -0.2) is 54.5 Å². The van der Waals surface area contributed by atoms with Crippen LogP contribution >= 0.6 is 35.6 Å². The molecule has 1 N–H and O–H groups in total. The van der Waals surface area contributed by atoms with Gasteiger partial charge >= 0.3 is 0 Å². The Labute approximate surface area is 219 Å². The largest absolute Gasteiger partial charge is 0.490 e. The summed E-state index contributed by atoms with van der Waals surface area (Å²) in [5, 5.41) is 3.33. The lowest BCUT2D eigenvalue weighted by Crippen LogP contribution is -2.29. The van der Waals surface area contributed by atoms with Gasteiger partial charge in [-0.3, -0.25) is 14.5 Å². The maximum absolute atomic E-state index is 12.8. The number of thiocarbonyl (C=S) groups is 1. The minimum absolute atomic E-state index is 0.123. The van der Waals surface area contributed by atoms with Crippen molar-refractivity contribution >= 4 is 63.5 Å². The zero-order valence-electron chi connectivity index (χ0n) is 19.8. The summed E-state index contributed by atoms with van der Waals surface area (Å²) in [7, 11) is 1.63. The van der Waals surface area contributed by atoms with Crippen LogP contribution in [0.4, 0.5) is 5.69 Å². The summed E-state index contributed by atoms with van der Waals surface area (Å²) in [6.45, 7) is 5.03. The first kappa shape index (κ1) is 27.0. The topological polar surface area (TPSA) is 77.1 Å². The predicted octanol–water partition coefficient (Wildman–Crippen LogP) is 5.30. The summed E-state index contributed by atoms with van der Waals surface area (Å²) in [5.74, 6) is 0.451. The second kappa shape index (κ2) is 12.9. The molecule has 0 radical (unpaired) electrons. The van der Waals surface area contributed by atoms with E-state index in [-0.39, 0.29) is 18.4 Å². The van der Waals surface area contributed by atoms with Crippen LogP contribution in [0.15, 0.2) is 41.3 Å². The summed E-state index contributed by atoms with van der Waals surface area (Å²) in [6, 6.07) is 10.6. The molecule has 3 rings (SSSR count). The van der Waals surface area contributed by atoms with Gasteiger partial charge in [-0.2, -0.15) is 0 Å². The van der Waals surface area contributed by atoms with Crippen molar-refractivity contribution < 1.29 is 23.8 Å². The molecule has 0 aromatic heterocycles. The van der Waals surface area contributed by atoms with Gasteiger partial charge in [0, 0.05) is 31.0 Å². The van der Waals surface area contributed by atoms with Crippen LogP contribution < -0.4 is 14.8 Å². The van der Waals surface area contributed by atoms with Crippen LogP contribution in [0.5, 0.6) is 11.5 Å². The summed E-state index contributed by atoms with van der Waals surface area (Å²) in [6.07, 6.45) is 2.48. The molecule has 1 aliphatic heterocycles. The number of aryl methyl sites for hydroxylation is 1. The van der Waals surface area contributed by atoms with E-state index in [0.29, 0.717) is 57.6 Å².